The number of amides is 3. The van der Waals surface area contributed by atoms with Crippen molar-refractivity contribution in [3.05, 3.63) is 17.3 Å². The molecule has 0 radical (unpaired) electrons. The van der Waals surface area contributed by atoms with E-state index in [1.54, 1.807) is 4.90 Å². The Kier molecular flexibility index (Phi) is 6.23. The van der Waals surface area contributed by atoms with Gasteiger partial charge < -0.3 is 20.0 Å². The number of hydrogen-bond donors (Lipinski definition) is 2. The van der Waals surface area contributed by atoms with E-state index in [9.17, 15) is 9.59 Å². The summed E-state index contributed by atoms with van der Waals surface area (Å²) in [5.41, 5.74) is 0.838. The minimum atomic E-state index is -0.180. The lowest BCUT2D eigenvalue weighted by Crippen LogP contribution is -2.49. The van der Waals surface area contributed by atoms with E-state index in [1.807, 2.05) is 13.8 Å². The molecule has 1 fully saturated rings. The first-order chi connectivity index (χ1) is 11.4. The van der Waals surface area contributed by atoms with Crippen LogP contribution >= 0.6 is 0 Å². The lowest BCUT2D eigenvalue weighted by molar-refractivity contribution is -0.126. The zero-order chi connectivity index (χ0) is 17.7. The fourth-order valence-electron chi connectivity index (χ4n) is 2.70. The summed E-state index contributed by atoms with van der Waals surface area (Å²) >= 11 is 0. The van der Waals surface area contributed by atoms with Crippen LogP contribution in [0.4, 0.5) is 4.79 Å². The van der Waals surface area contributed by atoms with Gasteiger partial charge in [-0.15, -0.1) is 0 Å². The molecule has 0 aromatic carbocycles. The van der Waals surface area contributed by atoms with Gasteiger partial charge in [-0.2, -0.15) is 0 Å². The fourth-order valence-corrected chi connectivity index (χ4v) is 2.70. The maximum atomic E-state index is 12.4. The number of urea groups is 1. The molecule has 2 rings (SSSR count). The van der Waals surface area contributed by atoms with Crippen LogP contribution in [-0.4, -0.2) is 41.5 Å². The van der Waals surface area contributed by atoms with Gasteiger partial charge in [0.1, 0.15) is 5.76 Å². The third-order valence-corrected chi connectivity index (χ3v) is 4.23. The number of aromatic nitrogens is 1. The van der Waals surface area contributed by atoms with Crippen LogP contribution in [0.3, 0.4) is 0 Å². The molecule has 0 spiro atoms. The number of piperidine rings is 1. The number of nitrogens with zero attached hydrogens (tertiary/aromatic N) is 2. The van der Waals surface area contributed by atoms with Crippen molar-refractivity contribution in [3.63, 3.8) is 0 Å². The Morgan fingerprint density at radius 3 is 2.71 bits per heavy atom. The number of carbonyl (C=O) groups excluding carboxylic acids is 2. The van der Waals surface area contributed by atoms with E-state index in [2.05, 4.69) is 29.5 Å². The molecule has 2 N–H and O–H groups in total. The molecule has 0 unspecified atom stereocenters. The van der Waals surface area contributed by atoms with Gasteiger partial charge >= 0.3 is 6.03 Å². The monoisotopic (exact) mass is 336 g/mol. The summed E-state index contributed by atoms with van der Waals surface area (Å²) in [4.78, 5) is 30.5. The zero-order valence-electron chi connectivity index (χ0n) is 15.0. The Bertz CT molecular complexity index is 563. The van der Waals surface area contributed by atoms with Crippen molar-refractivity contribution in [2.45, 2.75) is 47.1 Å². The first-order valence-electron chi connectivity index (χ1n) is 8.60. The molecule has 1 aromatic rings. The van der Waals surface area contributed by atoms with Crippen LogP contribution in [0.2, 0.25) is 0 Å². The smallest absolute Gasteiger partial charge is 0.317 e. The lowest BCUT2D eigenvalue weighted by Gasteiger charge is -2.32. The van der Waals surface area contributed by atoms with E-state index in [0.717, 1.165) is 24.3 Å². The third-order valence-electron chi connectivity index (χ3n) is 4.23. The van der Waals surface area contributed by atoms with Crippen LogP contribution in [0.5, 0.6) is 0 Å². The van der Waals surface area contributed by atoms with E-state index in [4.69, 9.17) is 4.42 Å². The second kappa shape index (κ2) is 8.17. The molecule has 0 aliphatic carbocycles. The molecule has 24 heavy (non-hydrogen) atoms. The highest BCUT2D eigenvalue weighted by atomic mass is 16.4. The molecule has 1 aromatic heterocycles. The van der Waals surface area contributed by atoms with Gasteiger partial charge in [-0.3, -0.25) is 4.79 Å². The minimum Gasteiger partial charge on any atom is -0.444 e. The molecule has 1 aliphatic heterocycles. The molecule has 0 saturated carbocycles. The maximum absolute atomic E-state index is 12.4. The molecule has 1 saturated heterocycles. The number of oxazole rings is 1. The normalized spacial score (nSPS) is 17.9. The zero-order valence-corrected chi connectivity index (χ0v) is 15.0. The number of hydrogen-bond acceptors (Lipinski definition) is 4. The number of rotatable bonds is 5. The summed E-state index contributed by atoms with van der Waals surface area (Å²) in [6, 6.07) is -0.0832. The van der Waals surface area contributed by atoms with Gasteiger partial charge in [-0.1, -0.05) is 13.8 Å². The van der Waals surface area contributed by atoms with Crippen molar-refractivity contribution in [2.24, 2.45) is 11.8 Å². The molecule has 134 valence electrons. The topological polar surface area (TPSA) is 87.5 Å². The summed E-state index contributed by atoms with van der Waals surface area (Å²) in [5.74, 6) is 1.46. The van der Waals surface area contributed by atoms with Crippen molar-refractivity contribution in [1.82, 2.24) is 20.5 Å². The van der Waals surface area contributed by atoms with Crippen molar-refractivity contribution in [1.29, 1.82) is 0 Å². The number of likely N-dealkylation sites (tertiary alicyclic amines) is 1. The van der Waals surface area contributed by atoms with Crippen LogP contribution in [0.25, 0.3) is 0 Å². The SMILES string of the molecule is Cc1nc(CNC(=O)[C@H]2CCCN(C(=O)NCC(C)C)C2)oc1C. The Hall–Kier alpha value is -2.05. The van der Waals surface area contributed by atoms with E-state index in [0.29, 0.717) is 31.4 Å². The Labute approximate surface area is 143 Å². The van der Waals surface area contributed by atoms with Gasteiger partial charge in [-0.05, 0) is 32.6 Å². The first kappa shape index (κ1) is 18.3. The average Bonchev–Trinajstić information content (AvgIpc) is 2.88. The lowest BCUT2D eigenvalue weighted by atomic mass is 9.97. The third kappa shape index (κ3) is 4.97. The maximum Gasteiger partial charge on any atom is 0.317 e. The standard InChI is InChI=1S/C17H28N4O3/c1-11(2)8-19-17(23)21-7-5-6-14(10-21)16(22)18-9-15-20-12(3)13(4)24-15/h11,14H,5-10H2,1-4H3,(H,18,22)(H,19,23)/t14-/m0/s1. The van der Waals surface area contributed by atoms with E-state index >= 15 is 0 Å². The highest BCUT2D eigenvalue weighted by molar-refractivity contribution is 5.80. The average molecular weight is 336 g/mol. The highest BCUT2D eigenvalue weighted by Crippen LogP contribution is 2.17. The van der Waals surface area contributed by atoms with Crippen LogP contribution in [0, 0.1) is 25.7 Å². The number of nitrogens with one attached hydrogen (secondary N) is 2. The molecule has 1 aliphatic rings. The van der Waals surface area contributed by atoms with E-state index in [-0.39, 0.29) is 24.4 Å². The van der Waals surface area contributed by atoms with Gasteiger partial charge in [0.15, 0.2) is 0 Å². The van der Waals surface area contributed by atoms with Crippen LogP contribution in [0.1, 0.15) is 44.0 Å². The second-order valence-electron chi connectivity index (χ2n) is 6.83. The van der Waals surface area contributed by atoms with Gasteiger partial charge in [0.25, 0.3) is 0 Å². The Balaban J connectivity index is 1.82. The van der Waals surface area contributed by atoms with Crippen LogP contribution < -0.4 is 10.6 Å². The van der Waals surface area contributed by atoms with Crippen LogP contribution in [-0.2, 0) is 11.3 Å². The molecule has 7 heteroatoms. The van der Waals surface area contributed by atoms with Gasteiger partial charge in [0.05, 0.1) is 18.2 Å². The Morgan fingerprint density at radius 1 is 1.33 bits per heavy atom. The summed E-state index contributed by atoms with van der Waals surface area (Å²) in [7, 11) is 0. The quantitative estimate of drug-likeness (QED) is 0.861. The number of carbonyl (C=O) groups is 2. The highest BCUT2D eigenvalue weighted by Gasteiger charge is 2.28. The molecule has 2 heterocycles. The molecule has 7 nitrogen and oxygen atoms in total. The largest absolute Gasteiger partial charge is 0.444 e. The van der Waals surface area contributed by atoms with Crippen molar-refractivity contribution in [2.75, 3.05) is 19.6 Å². The second-order valence-corrected chi connectivity index (χ2v) is 6.83. The van der Waals surface area contributed by atoms with Gasteiger partial charge in [-0.25, -0.2) is 9.78 Å². The molecule has 0 bridgehead atoms. The number of aryl methyl sites for hydroxylation is 2. The van der Waals surface area contributed by atoms with E-state index < -0.39 is 0 Å². The molecular weight excluding hydrogens is 308 g/mol. The van der Waals surface area contributed by atoms with Crippen molar-refractivity contribution < 1.29 is 14.0 Å². The summed E-state index contributed by atoms with van der Waals surface area (Å²) in [6.07, 6.45) is 1.63. The van der Waals surface area contributed by atoms with Crippen molar-refractivity contribution in [3.8, 4) is 0 Å². The minimum absolute atomic E-state index is 0.0511. The molecule has 1 atom stereocenters. The Morgan fingerprint density at radius 2 is 2.08 bits per heavy atom. The van der Waals surface area contributed by atoms with E-state index in [1.165, 1.54) is 0 Å². The molecular formula is C17H28N4O3. The first-order valence-corrected chi connectivity index (χ1v) is 8.60. The fraction of sp³-hybridized carbons (Fsp3) is 0.706. The van der Waals surface area contributed by atoms with Crippen molar-refractivity contribution >= 4 is 11.9 Å². The molecule has 3 amide bonds. The predicted molar refractivity (Wildman–Crippen MR) is 90.4 cm³/mol. The van der Waals surface area contributed by atoms with Crippen LogP contribution in [0.15, 0.2) is 4.42 Å². The van der Waals surface area contributed by atoms with Gasteiger partial charge in [0.2, 0.25) is 11.8 Å². The summed E-state index contributed by atoms with van der Waals surface area (Å²) < 4.78 is 5.47. The predicted octanol–water partition coefficient (Wildman–Crippen LogP) is 1.99. The summed E-state index contributed by atoms with van der Waals surface area (Å²) in [5, 5.41) is 5.77. The van der Waals surface area contributed by atoms with Gasteiger partial charge in [0, 0.05) is 19.6 Å². The summed E-state index contributed by atoms with van der Waals surface area (Å²) in [6.45, 7) is 9.92.